The smallest absolute Gasteiger partial charge is 0.217 e. The van der Waals surface area contributed by atoms with Crippen LogP contribution < -0.4 is 11.5 Å². The van der Waals surface area contributed by atoms with Gasteiger partial charge in [-0.05, 0) is 19.3 Å². The zero-order valence-electron chi connectivity index (χ0n) is 8.65. The van der Waals surface area contributed by atoms with Crippen molar-refractivity contribution in [3.8, 4) is 0 Å². The number of hydrogen-bond acceptors (Lipinski definition) is 5. The molecule has 1 saturated heterocycles. The molecule has 0 radical (unpaired) electrons. The molecule has 82 valence electrons. The summed E-state index contributed by atoms with van der Waals surface area (Å²) in [6, 6.07) is 0. The average Bonchev–Trinajstić information content (AvgIpc) is 2.26. The van der Waals surface area contributed by atoms with Crippen LogP contribution >= 0.6 is 0 Å². The number of hydrogen-bond donors (Lipinski definition) is 2. The minimum atomic E-state index is -0.813. The van der Waals surface area contributed by atoms with E-state index in [4.69, 9.17) is 11.5 Å². The predicted octanol–water partition coefficient (Wildman–Crippen LogP) is -0.419. The Morgan fingerprint density at radius 3 is 2.60 bits per heavy atom. The van der Waals surface area contributed by atoms with Crippen molar-refractivity contribution in [2.75, 3.05) is 13.1 Å². The summed E-state index contributed by atoms with van der Waals surface area (Å²) in [4.78, 5) is 17.6. The molecule has 2 aliphatic rings. The maximum Gasteiger partial charge on any atom is 0.217 e. The van der Waals surface area contributed by atoms with Crippen molar-refractivity contribution in [1.29, 1.82) is 0 Å². The van der Waals surface area contributed by atoms with E-state index in [0.717, 1.165) is 31.8 Å². The van der Waals surface area contributed by atoms with Gasteiger partial charge in [-0.25, -0.2) is 4.99 Å². The number of nitrogens with two attached hydrogens (primary N) is 2. The quantitative estimate of drug-likeness (QED) is 0.566. The van der Waals surface area contributed by atoms with Crippen LogP contribution in [-0.4, -0.2) is 35.8 Å². The van der Waals surface area contributed by atoms with Gasteiger partial charge in [-0.15, -0.1) is 0 Å². The lowest BCUT2D eigenvalue weighted by Gasteiger charge is -2.30. The summed E-state index contributed by atoms with van der Waals surface area (Å²) in [6.07, 6.45) is 4.41. The van der Waals surface area contributed by atoms with Gasteiger partial charge < -0.3 is 16.4 Å². The number of dihydropyridines is 1. The second-order valence-corrected chi connectivity index (χ2v) is 3.94. The molecule has 1 unspecified atom stereocenters. The lowest BCUT2D eigenvalue weighted by atomic mass is 10.1. The molecule has 2 aliphatic heterocycles. The number of nitrogens with zero attached hydrogens (tertiary/aromatic N) is 2. The van der Waals surface area contributed by atoms with Crippen molar-refractivity contribution in [2.24, 2.45) is 16.5 Å². The summed E-state index contributed by atoms with van der Waals surface area (Å²) in [5.74, 6) is 0.482. The molecular weight excluding hydrogens is 192 g/mol. The summed E-state index contributed by atoms with van der Waals surface area (Å²) in [7, 11) is 0. The van der Waals surface area contributed by atoms with Crippen molar-refractivity contribution in [1.82, 2.24) is 4.90 Å². The Balaban J connectivity index is 2.15. The van der Waals surface area contributed by atoms with Gasteiger partial charge in [-0.2, -0.15) is 0 Å². The van der Waals surface area contributed by atoms with Gasteiger partial charge in [0, 0.05) is 19.2 Å². The minimum Gasteiger partial charge on any atom is -0.396 e. The Kier molecular flexibility index (Phi) is 2.73. The molecule has 0 saturated carbocycles. The third-order valence-electron chi connectivity index (χ3n) is 2.79. The zero-order valence-corrected chi connectivity index (χ0v) is 8.65. The molecule has 0 aromatic carbocycles. The first-order valence-electron chi connectivity index (χ1n) is 5.28. The highest BCUT2D eigenvalue weighted by molar-refractivity contribution is 6.09. The van der Waals surface area contributed by atoms with Crippen molar-refractivity contribution in [3.05, 3.63) is 11.8 Å². The lowest BCUT2D eigenvalue weighted by Crippen LogP contribution is -2.43. The molecule has 0 spiro atoms. The van der Waals surface area contributed by atoms with Gasteiger partial charge in [0.15, 0.2) is 6.17 Å². The number of carbonyl (C=O) groups is 1. The molecule has 0 bridgehead atoms. The van der Waals surface area contributed by atoms with E-state index in [2.05, 4.69) is 9.89 Å². The molecule has 4 N–H and O–H groups in total. The Labute approximate surface area is 88.8 Å². The van der Waals surface area contributed by atoms with Crippen molar-refractivity contribution >= 4 is 11.6 Å². The second kappa shape index (κ2) is 4.02. The Morgan fingerprint density at radius 2 is 2.00 bits per heavy atom. The maximum absolute atomic E-state index is 11.3. The van der Waals surface area contributed by atoms with E-state index in [9.17, 15) is 4.79 Å². The number of rotatable bonds is 0. The standard InChI is InChI=1S/C10H16N4O/c11-7-6-8(13-10(12)9(7)15)14-4-2-1-3-5-14/h6,10H,1-5,11-12H2. The van der Waals surface area contributed by atoms with Crippen molar-refractivity contribution in [2.45, 2.75) is 25.4 Å². The van der Waals surface area contributed by atoms with Gasteiger partial charge in [0.2, 0.25) is 5.78 Å². The van der Waals surface area contributed by atoms with E-state index in [0.29, 0.717) is 0 Å². The molecule has 0 amide bonds. The van der Waals surface area contributed by atoms with E-state index in [1.54, 1.807) is 6.08 Å². The third-order valence-corrected chi connectivity index (χ3v) is 2.79. The fourth-order valence-corrected chi connectivity index (χ4v) is 1.92. The largest absolute Gasteiger partial charge is 0.396 e. The predicted molar refractivity (Wildman–Crippen MR) is 58.1 cm³/mol. The van der Waals surface area contributed by atoms with E-state index in [-0.39, 0.29) is 11.5 Å². The molecule has 2 rings (SSSR count). The van der Waals surface area contributed by atoms with Crippen LogP contribution in [0.2, 0.25) is 0 Å². The Hall–Kier alpha value is -1.36. The molecular formula is C10H16N4O. The summed E-state index contributed by atoms with van der Waals surface area (Å²) >= 11 is 0. The van der Waals surface area contributed by atoms with Gasteiger partial charge >= 0.3 is 0 Å². The summed E-state index contributed by atoms with van der Waals surface area (Å²) in [6.45, 7) is 1.95. The van der Waals surface area contributed by atoms with Gasteiger partial charge in [0.1, 0.15) is 5.84 Å². The van der Waals surface area contributed by atoms with Crippen LogP contribution in [0.3, 0.4) is 0 Å². The summed E-state index contributed by atoms with van der Waals surface area (Å²) in [5.41, 5.74) is 11.4. The Morgan fingerprint density at radius 1 is 1.33 bits per heavy atom. The number of ketones is 1. The number of Topliss-reactive ketones (excluding diaryl/α,β-unsaturated/α-hetero) is 1. The van der Waals surface area contributed by atoms with E-state index < -0.39 is 6.17 Å². The molecule has 5 heteroatoms. The highest BCUT2D eigenvalue weighted by Gasteiger charge is 2.24. The van der Waals surface area contributed by atoms with Crippen LogP contribution in [0.1, 0.15) is 19.3 Å². The number of piperidine rings is 1. The van der Waals surface area contributed by atoms with E-state index >= 15 is 0 Å². The minimum absolute atomic E-state index is 0.220. The third kappa shape index (κ3) is 2.02. The van der Waals surface area contributed by atoms with Crippen LogP contribution in [0, 0.1) is 0 Å². The number of aliphatic imine (C=N–C) groups is 1. The van der Waals surface area contributed by atoms with Crippen molar-refractivity contribution < 1.29 is 4.79 Å². The van der Waals surface area contributed by atoms with Gasteiger partial charge in [-0.1, -0.05) is 0 Å². The molecule has 0 aromatic heterocycles. The fourth-order valence-electron chi connectivity index (χ4n) is 1.92. The molecule has 15 heavy (non-hydrogen) atoms. The molecule has 1 atom stereocenters. The highest BCUT2D eigenvalue weighted by Crippen LogP contribution is 2.13. The zero-order chi connectivity index (χ0) is 10.8. The molecule has 1 fully saturated rings. The molecule has 2 heterocycles. The van der Waals surface area contributed by atoms with E-state index in [1.807, 2.05) is 0 Å². The van der Waals surface area contributed by atoms with Gasteiger partial charge in [0.05, 0.1) is 5.70 Å². The van der Waals surface area contributed by atoms with E-state index in [1.165, 1.54) is 6.42 Å². The number of likely N-dealkylation sites (tertiary alicyclic amines) is 1. The van der Waals surface area contributed by atoms with Crippen LogP contribution in [0.4, 0.5) is 0 Å². The highest BCUT2D eigenvalue weighted by atomic mass is 16.1. The monoisotopic (exact) mass is 208 g/mol. The number of amidine groups is 1. The first-order valence-corrected chi connectivity index (χ1v) is 5.28. The van der Waals surface area contributed by atoms with Crippen LogP contribution in [0.15, 0.2) is 16.8 Å². The fraction of sp³-hybridized carbons (Fsp3) is 0.600. The molecule has 5 nitrogen and oxygen atoms in total. The van der Waals surface area contributed by atoms with Gasteiger partial charge in [-0.3, -0.25) is 4.79 Å². The summed E-state index contributed by atoms with van der Waals surface area (Å²) in [5, 5.41) is 0. The van der Waals surface area contributed by atoms with Crippen LogP contribution in [-0.2, 0) is 4.79 Å². The SMILES string of the molecule is NC1=CC(N2CCCCC2)=NC(N)C1=O. The van der Waals surface area contributed by atoms with Gasteiger partial charge in [0.25, 0.3) is 0 Å². The van der Waals surface area contributed by atoms with Crippen LogP contribution in [0.5, 0.6) is 0 Å². The first kappa shape index (κ1) is 10.2. The topological polar surface area (TPSA) is 84.7 Å². The normalized spacial score (nSPS) is 27.4. The maximum atomic E-state index is 11.3. The first-order chi connectivity index (χ1) is 7.18. The van der Waals surface area contributed by atoms with Crippen LogP contribution in [0.25, 0.3) is 0 Å². The molecule has 0 aliphatic carbocycles. The number of carbonyl (C=O) groups excluding carboxylic acids is 1. The second-order valence-electron chi connectivity index (χ2n) is 3.94. The van der Waals surface area contributed by atoms with Crippen molar-refractivity contribution in [3.63, 3.8) is 0 Å². The summed E-state index contributed by atoms with van der Waals surface area (Å²) < 4.78 is 0. The lowest BCUT2D eigenvalue weighted by molar-refractivity contribution is -0.116. The average molecular weight is 208 g/mol. The molecule has 0 aromatic rings. The Bertz CT molecular complexity index is 328.